The molecule has 3 unspecified atom stereocenters. The van der Waals surface area contributed by atoms with Crippen LogP contribution in [0.4, 0.5) is 0 Å². The van der Waals surface area contributed by atoms with Crippen molar-refractivity contribution in [3.05, 3.63) is 36.5 Å². The van der Waals surface area contributed by atoms with E-state index in [1.54, 1.807) is 0 Å². The molecule has 0 aromatic carbocycles. The Morgan fingerprint density at radius 3 is 1.96 bits per heavy atom. The number of carbonyl (C=O) groups is 2. The van der Waals surface area contributed by atoms with E-state index < -0.39 is 32.5 Å². The quantitative estimate of drug-likeness (QED) is 0.0219. The van der Waals surface area contributed by atoms with Gasteiger partial charge in [0.15, 0.2) is 6.10 Å². The minimum atomic E-state index is -4.77. The van der Waals surface area contributed by atoms with Crippen LogP contribution < -0.4 is 0 Å². The molecule has 50 heavy (non-hydrogen) atoms. The third kappa shape index (κ3) is 29.9. The van der Waals surface area contributed by atoms with Crippen LogP contribution in [0.3, 0.4) is 0 Å². The molecule has 0 saturated carbocycles. The number of phosphoric acid groups is 1. The summed E-state index contributed by atoms with van der Waals surface area (Å²) in [5.41, 5.74) is 0. The molecule has 0 bridgehead atoms. The molecule has 1 saturated heterocycles. The molecule has 1 heterocycles. The highest BCUT2D eigenvalue weighted by Crippen LogP contribution is 2.36. The van der Waals surface area contributed by atoms with Crippen molar-refractivity contribution in [2.45, 2.75) is 187 Å². The number of allylic oxidation sites excluding steroid dienone is 5. The summed E-state index contributed by atoms with van der Waals surface area (Å²) in [6.45, 7) is 5.94. The van der Waals surface area contributed by atoms with Crippen LogP contribution in [0, 0.1) is 5.92 Å². The Kier molecular flexibility index (Phi) is 28.5. The highest BCUT2D eigenvalue weighted by atomic mass is 31.2. The number of esters is 2. The molecule has 1 aliphatic heterocycles. The van der Waals surface area contributed by atoms with Crippen molar-refractivity contribution in [1.82, 2.24) is 0 Å². The van der Waals surface area contributed by atoms with E-state index in [0.717, 1.165) is 38.0 Å². The number of phosphoric ester groups is 1. The van der Waals surface area contributed by atoms with Crippen molar-refractivity contribution in [2.75, 3.05) is 13.2 Å². The number of hydrogen-bond donors (Lipinski definition) is 2. The summed E-state index contributed by atoms with van der Waals surface area (Å²) in [6, 6.07) is 0. The van der Waals surface area contributed by atoms with Crippen LogP contribution in [0.2, 0.25) is 0 Å². The van der Waals surface area contributed by atoms with Crippen molar-refractivity contribution in [1.29, 1.82) is 0 Å². The molecule has 2 N–H and O–H groups in total. The van der Waals surface area contributed by atoms with Crippen LogP contribution in [0.25, 0.3) is 0 Å². The zero-order chi connectivity index (χ0) is 36.7. The molecule has 0 spiro atoms. The van der Waals surface area contributed by atoms with Gasteiger partial charge in [-0.25, -0.2) is 4.57 Å². The van der Waals surface area contributed by atoms with Crippen molar-refractivity contribution in [3.8, 4) is 0 Å². The van der Waals surface area contributed by atoms with Crippen molar-refractivity contribution >= 4 is 19.8 Å². The first kappa shape index (κ1) is 46.3. The minimum Gasteiger partial charge on any atom is -0.462 e. The number of ether oxygens (including phenoxy) is 3. The summed E-state index contributed by atoms with van der Waals surface area (Å²) >= 11 is 0. The molecule has 9 nitrogen and oxygen atoms in total. The lowest BCUT2D eigenvalue weighted by atomic mass is 9.99. The Morgan fingerprint density at radius 2 is 1.32 bits per heavy atom. The standard InChI is InChI=1S/C40H71O9P/c1-4-6-23-29-37-38(49-37)30-25-20-16-12-8-10-14-18-22-27-32-40(42)48-36(34-47-50(43,44)45)33-46-39(41)31-26-21-17-13-9-7-11-15-19-24-28-35(3)5-2/h8,12,14,18,20,25,35-38H,4-7,9-11,13,15-17,19,21-24,26-34H2,1-3H3,(H2,43,44,45)/b12-8-,18-14-,25-20-/t35?,36-,37?,38?/m1/s1. The number of epoxide rings is 1. The molecule has 0 radical (unpaired) electrons. The molecule has 0 aromatic rings. The van der Waals surface area contributed by atoms with Gasteiger partial charge in [0.25, 0.3) is 0 Å². The number of carbonyl (C=O) groups excluding carboxylic acids is 2. The van der Waals surface area contributed by atoms with E-state index in [4.69, 9.17) is 24.0 Å². The highest BCUT2D eigenvalue weighted by molar-refractivity contribution is 7.46. The van der Waals surface area contributed by atoms with Crippen LogP contribution in [0.5, 0.6) is 0 Å². The molecule has 0 amide bonds. The summed E-state index contributed by atoms with van der Waals surface area (Å²) < 4.78 is 32.0. The van der Waals surface area contributed by atoms with Gasteiger partial charge in [0.2, 0.25) is 0 Å². The number of unbranched alkanes of at least 4 members (excludes halogenated alkanes) is 12. The first-order valence-electron chi connectivity index (χ1n) is 19.8. The molecule has 290 valence electrons. The smallest absolute Gasteiger partial charge is 0.462 e. The predicted molar refractivity (Wildman–Crippen MR) is 202 cm³/mol. The topological polar surface area (TPSA) is 132 Å². The average molecular weight is 727 g/mol. The SMILES string of the molecule is CCCCCC1OC1C/C=C\C/C=C\C/C=C\CCCC(=O)O[C@H](COC(=O)CCCCCCCCCCCCC(C)CC)COP(=O)(O)O. The third-order valence-corrected chi connectivity index (χ3v) is 9.61. The van der Waals surface area contributed by atoms with Crippen molar-refractivity contribution < 1.29 is 42.7 Å². The lowest BCUT2D eigenvalue weighted by Crippen LogP contribution is -2.29. The van der Waals surface area contributed by atoms with Crippen LogP contribution in [-0.2, 0) is 32.9 Å². The second-order valence-corrected chi connectivity index (χ2v) is 15.1. The molecular formula is C40H71O9P. The lowest BCUT2D eigenvalue weighted by molar-refractivity contribution is -0.161. The molecule has 1 fully saturated rings. The van der Waals surface area contributed by atoms with Gasteiger partial charge in [-0.2, -0.15) is 0 Å². The number of rotatable bonds is 34. The molecular weight excluding hydrogens is 655 g/mol. The summed E-state index contributed by atoms with van der Waals surface area (Å²) in [5, 5.41) is 0. The van der Waals surface area contributed by atoms with Gasteiger partial charge in [0.05, 0.1) is 18.8 Å². The highest BCUT2D eigenvalue weighted by Gasteiger charge is 2.36. The third-order valence-electron chi connectivity index (χ3n) is 9.13. The molecule has 1 rings (SSSR count). The van der Waals surface area contributed by atoms with Crippen molar-refractivity contribution in [3.63, 3.8) is 0 Å². The zero-order valence-electron chi connectivity index (χ0n) is 31.7. The van der Waals surface area contributed by atoms with Gasteiger partial charge in [-0.05, 0) is 50.9 Å². The van der Waals surface area contributed by atoms with Crippen LogP contribution >= 0.6 is 7.82 Å². The fourth-order valence-corrected chi connectivity index (χ4v) is 6.03. The van der Waals surface area contributed by atoms with E-state index in [2.05, 4.69) is 55.7 Å². The van der Waals surface area contributed by atoms with Gasteiger partial charge in [0, 0.05) is 12.8 Å². The fraction of sp³-hybridized carbons (Fsp3) is 0.800. The second-order valence-electron chi connectivity index (χ2n) is 13.9. The van der Waals surface area contributed by atoms with E-state index in [0.29, 0.717) is 31.5 Å². The van der Waals surface area contributed by atoms with Gasteiger partial charge in [-0.3, -0.25) is 14.1 Å². The van der Waals surface area contributed by atoms with E-state index in [-0.39, 0.29) is 19.4 Å². The maximum absolute atomic E-state index is 12.4. The van der Waals surface area contributed by atoms with Gasteiger partial charge in [-0.15, -0.1) is 0 Å². The van der Waals surface area contributed by atoms with Crippen LogP contribution in [0.15, 0.2) is 36.5 Å². The molecule has 1 aliphatic rings. The van der Waals surface area contributed by atoms with Gasteiger partial charge in [-0.1, -0.05) is 147 Å². The zero-order valence-corrected chi connectivity index (χ0v) is 32.5. The Balaban J connectivity index is 2.12. The Bertz CT molecular complexity index is 989. The molecule has 10 heteroatoms. The normalized spacial score (nSPS) is 17.5. The average Bonchev–Trinajstić information content (AvgIpc) is 3.84. The monoisotopic (exact) mass is 726 g/mol. The maximum atomic E-state index is 12.4. The largest absolute Gasteiger partial charge is 0.469 e. The van der Waals surface area contributed by atoms with E-state index in [1.807, 2.05) is 6.08 Å². The van der Waals surface area contributed by atoms with E-state index in [9.17, 15) is 14.2 Å². The van der Waals surface area contributed by atoms with E-state index >= 15 is 0 Å². The number of hydrogen-bond acceptors (Lipinski definition) is 7. The Hall–Kier alpha value is -1.77. The predicted octanol–water partition coefficient (Wildman–Crippen LogP) is 10.6. The lowest BCUT2D eigenvalue weighted by Gasteiger charge is -2.18. The maximum Gasteiger partial charge on any atom is 0.469 e. The first-order valence-corrected chi connectivity index (χ1v) is 21.3. The van der Waals surface area contributed by atoms with Crippen molar-refractivity contribution in [2.24, 2.45) is 5.92 Å². The molecule has 0 aromatic heterocycles. The summed E-state index contributed by atoms with van der Waals surface area (Å²) in [5.74, 6) is -0.107. The van der Waals surface area contributed by atoms with Gasteiger partial charge in [0.1, 0.15) is 6.61 Å². The Morgan fingerprint density at radius 1 is 0.720 bits per heavy atom. The molecule has 4 atom stereocenters. The van der Waals surface area contributed by atoms with Crippen LogP contribution in [-0.4, -0.2) is 53.3 Å². The van der Waals surface area contributed by atoms with Gasteiger partial charge < -0.3 is 24.0 Å². The summed E-state index contributed by atoms with van der Waals surface area (Å²) in [7, 11) is -4.77. The van der Waals surface area contributed by atoms with Crippen LogP contribution in [0.1, 0.15) is 168 Å². The Labute approximate surface area is 304 Å². The second kappa shape index (κ2) is 30.8. The minimum absolute atomic E-state index is 0.133. The van der Waals surface area contributed by atoms with Gasteiger partial charge >= 0.3 is 19.8 Å². The fourth-order valence-electron chi connectivity index (χ4n) is 5.67. The van der Waals surface area contributed by atoms with E-state index in [1.165, 1.54) is 83.5 Å². The molecule has 0 aliphatic carbocycles. The summed E-state index contributed by atoms with van der Waals surface area (Å²) in [4.78, 5) is 42.7. The summed E-state index contributed by atoms with van der Waals surface area (Å²) in [6.07, 6.45) is 36.2. The first-order chi connectivity index (χ1) is 24.1.